The molecule has 1 aromatic heterocycles. The molecule has 0 amide bonds. The van der Waals surface area contributed by atoms with Gasteiger partial charge in [0.2, 0.25) is 5.95 Å². The molecule has 1 aromatic rings. The number of hydrogen-bond donors (Lipinski definition) is 2. The van der Waals surface area contributed by atoms with E-state index < -0.39 is 0 Å². The molecule has 0 aromatic carbocycles. The molecule has 1 aliphatic carbocycles. The van der Waals surface area contributed by atoms with E-state index in [-0.39, 0.29) is 0 Å². The Bertz CT molecular complexity index is 434. The first-order valence-electron chi connectivity index (χ1n) is 6.36. The van der Waals surface area contributed by atoms with E-state index in [2.05, 4.69) is 29.1 Å². The van der Waals surface area contributed by atoms with Crippen molar-refractivity contribution in [2.75, 3.05) is 5.32 Å². The minimum Gasteiger partial charge on any atom is -0.388 e. The molecular weight excluding hydrogens is 244 g/mol. The Kier molecular flexibility index (Phi) is 3.80. The van der Waals surface area contributed by atoms with Gasteiger partial charge in [0.1, 0.15) is 10.7 Å². The second-order valence-corrected chi connectivity index (χ2v) is 6.15. The summed E-state index contributed by atoms with van der Waals surface area (Å²) in [6, 6.07) is 2.19. The summed E-state index contributed by atoms with van der Waals surface area (Å²) in [5.74, 6) is 0.630. The average Bonchev–Trinajstić information content (AvgIpc) is 2.32. The van der Waals surface area contributed by atoms with Gasteiger partial charge in [-0.1, -0.05) is 26.1 Å². The molecule has 1 heterocycles. The van der Waals surface area contributed by atoms with Crippen molar-refractivity contribution in [1.29, 1.82) is 0 Å². The fraction of sp³-hybridized carbons (Fsp3) is 0.615. The lowest BCUT2D eigenvalue weighted by Gasteiger charge is -2.34. The lowest BCUT2D eigenvalue weighted by molar-refractivity contribution is 0.232. The number of rotatable bonds is 3. The van der Waals surface area contributed by atoms with Crippen molar-refractivity contribution < 1.29 is 0 Å². The van der Waals surface area contributed by atoms with Gasteiger partial charge >= 0.3 is 0 Å². The summed E-state index contributed by atoms with van der Waals surface area (Å²) in [4.78, 5) is 8.84. The molecule has 98 valence electrons. The summed E-state index contributed by atoms with van der Waals surface area (Å²) >= 11 is 4.92. The Morgan fingerprint density at radius 3 is 2.72 bits per heavy atom. The molecule has 0 bridgehead atoms. The van der Waals surface area contributed by atoms with Crippen molar-refractivity contribution >= 4 is 23.2 Å². The third-order valence-corrected chi connectivity index (χ3v) is 3.79. The minimum absolute atomic E-state index is 0.310. The predicted molar refractivity (Wildman–Crippen MR) is 77.6 cm³/mol. The summed E-state index contributed by atoms with van der Waals surface area (Å²) in [6.07, 6.45) is 6.48. The SMILES string of the molecule is CC1(C)CCC(Nc2nccc(C(N)=S)n2)CC1. The zero-order valence-electron chi connectivity index (χ0n) is 10.9. The molecule has 1 aliphatic rings. The van der Waals surface area contributed by atoms with Gasteiger partial charge in [0, 0.05) is 12.2 Å². The lowest BCUT2D eigenvalue weighted by Crippen LogP contribution is -2.30. The normalized spacial score (nSPS) is 19.4. The molecule has 3 N–H and O–H groups in total. The van der Waals surface area contributed by atoms with Crippen LogP contribution in [0.3, 0.4) is 0 Å². The maximum absolute atomic E-state index is 5.56. The van der Waals surface area contributed by atoms with Crippen LogP contribution in [0, 0.1) is 5.41 Å². The molecule has 0 saturated heterocycles. The van der Waals surface area contributed by atoms with Crippen LogP contribution in [0.5, 0.6) is 0 Å². The monoisotopic (exact) mass is 264 g/mol. The zero-order chi connectivity index (χ0) is 13.2. The van der Waals surface area contributed by atoms with Gasteiger partial charge in [-0.15, -0.1) is 0 Å². The Balaban J connectivity index is 1.98. The summed E-state index contributed by atoms with van der Waals surface area (Å²) in [7, 11) is 0. The van der Waals surface area contributed by atoms with Gasteiger partial charge in [0.15, 0.2) is 0 Å². The average molecular weight is 264 g/mol. The Morgan fingerprint density at radius 2 is 2.11 bits per heavy atom. The van der Waals surface area contributed by atoms with E-state index in [0.29, 0.717) is 28.1 Å². The number of hydrogen-bond acceptors (Lipinski definition) is 4. The molecule has 18 heavy (non-hydrogen) atoms. The molecule has 0 spiro atoms. The van der Waals surface area contributed by atoms with E-state index in [4.69, 9.17) is 18.0 Å². The van der Waals surface area contributed by atoms with Gasteiger partial charge in [-0.2, -0.15) is 0 Å². The quantitative estimate of drug-likeness (QED) is 0.821. The number of nitrogens with one attached hydrogen (secondary N) is 1. The van der Waals surface area contributed by atoms with Gasteiger partial charge < -0.3 is 11.1 Å². The van der Waals surface area contributed by atoms with E-state index in [1.807, 2.05) is 0 Å². The van der Waals surface area contributed by atoms with Crippen molar-refractivity contribution in [3.8, 4) is 0 Å². The van der Waals surface area contributed by atoms with Crippen LogP contribution >= 0.6 is 12.2 Å². The fourth-order valence-electron chi connectivity index (χ4n) is 2.29. The summed E-state index contributed by atoms with van der Waals surface area (Å²) in [6.45, 7) is 4.65. The van der Waals surface area contributed by atoms with Gasteiger partial charge in [-0.25, -0.2) is 9.97 Å². The topological polar surface area (TPSA) is 63.8 Å². The Hall–Kier alpha value is -1.23. The number of nitrogens with zero attached hydrogens (tertiary/aromatic N) is 2. The van der Waals surface area contributed by atoms with Crippen molar-refractivity contribution in [2.24, 2.45) is 11.1 Å². The molecule has 0 radical (unpaired) electrons. The molecule has 5 heteroatoms. The van der Waals surface area contributed by atoms with Crippen LogP contribution in [0.2, 0.25) is 0 Å². The van der Waals surface area contributed by atoms with Crippen LogP contribution in [-0.4, -0.2) is 21.0 Å². The Labute approximate surface area is 113 Å². The highest BCUT2D eigenvalue weighted by Gasteiger charge is 2.26. The van der Waals surface area contributed by atoms with Crippen LogP contribution in [0.15, 0.2) is 12.3 Å². The Morgan fingerprint density at radius 1 is 1.44 bits per heavy atom. The second kappa shape index (κ2) is 5.18. The first-order chi connectivity index (χ1) is 8.46. The first kappa shape index (κ1) is 13.2. The minimum atomic E-state index is 0.310. The first-order valence-corrected chi connectivity index (χ1v) is 6.76. The molecule has 4 nitrogen and oxygen atoms in total. The van der Waals surface area contributed by atoms with Crippen LogP contribution < -0.4 is 11.1 Å². The van der Waals surface area contributed by atoms with Crippen LogP contribution in [0.1, 0.15) is 45.2 Å². The van der Waals surface area contributed by atoms with Gasteiger partial charge in [-0.05, 0) is 37.2 Å². The van der Waals surface area contributed by atoms with Gasteiger partial charge in [0.25, 0.3) is 0 Å². The summed E-state index contributed by atoms with van der Waals surface area (Å²) < 4.78 is 0. The van der Waals surface area contributed by atoms with Gasteiger partial charge in [0.05, 0.1) is 0 Å². The lowest BCUT2D eigenvalue weighted by atomic mass is 9.76. The van der Waals surface area contributed by atoms with Gasteiger partial charge in [-0.3, -0.25) is 0 Å². The maximum atomic E-state index is 5.56. The molecular formula is C13H20N4S. The molecule has 0 unspecified atom stereocenters. The van der Waals surface area contributed by atoms with Crippen LogP contribution in [0.25, 0.3) is 0 Å². The molecule has 1 saturated carbocycles. The predicted octanol–water partition coefficient (Wildman–Crippen LogP) is 2.49. The van der Waals surface area contributed by atoms with E-state index in [0.717, 1.165) is 12.8 Å². The smallest absolute Gasteiger partial charge is 0.223 e. The molecule has 2 rings (SSSR count). The van der Waals surface area contributed by atoms with Crippen molar-refractivity contribution in [3.63, 3.8) is 0 Å². The second-order valence-electron chi connectivity index (χ2n) is 5.71. The third-order valence-electron chi connectivity index (χ3n) is 3.58. The molecule has 0 atom stereocenters. The highest BCUT2D eigenvalue weighted by Crippen LogP contribution is 2.35. The van der Waals surface area contributed by atoms with E-state index in [9.17, 15) is 0 Å². The van der Waals surface area contributed by atoms with Crippen molar-refractivity contribution in [2.45, 2.75) is 45.6 Å². The van der Waals surface area contributed by atoms with E-state index >= 15 is 0 Å². The van der Waals surface area contributed by atoms with E-state index in [1.165, 1.54) is 12.8 Å². The molecule has 1 fully saturated rings. The third kappa shape index (κ3) is 3.38. The van der Waals surface area contributed by atoms with E-state index in [1.54, 1.807) is 12.3 Å². The number of thiocarbonyl (C=S) groups is 1. The summed E-state index contributed by atoms with van der Waals surface area (Å²) in [5.41, 5.74) is 6.66. The van der Waals surface area contributed by atoms with Crippen molar-refractivity contribution in [1.82, 2.24) is 9.97 Å². The van der Waals surface area contributed by atoms with Crippen LogP contribution in [0.4, 0.5) is 5.95 Å². The number of anilines is 1. The van der Waals surface area contributed by atoms with Crippen molar-refractivity contribution in [3.05, 3.63) is 18.0 Å². The highest BCUT2D eigenvalue weighted by atomic mass is 32.1. The van der Waals surface area contributed by atoms with Crippen LogP contribution in [-0.2, 0) is 0 Å². The maximum Gasteiger partial charge on any atom is 0.223 e. The molecule has 0 aliphatic heterocycles. The summed E-state index contributed by atoms with van der Waals surface area (Å²) in [5, 5.41) is 3.38. The standard InChI is InChI=1S/C13H20N4S/c1-13(2)6-3-9(4-7-13)16-12-15-8-5-10(17-12)11(14)18/h5,8-9H,3-4,6-7H2,1-2H3,(H2,14,18)(H,15,16,17). The largest absolute Gasteiger partial charge is 0.388 e. The number of aromatic nitrogens is 2. The zero-order valence-corrected chi connectivity index (χ0v) is 11.8. The number of nitrogens with two attached hydrogens (primary N) is 1. The fourth-order valence-corrected chi connectivity index (χ4v) is 2.41. The highest BCUT2D eigenvalue weighted by molar-refractivity contribution is 7.80.